The second-order valence-corrected chi connectivity index (χ2v) is 6.83. The molecule has 0 amide bonds. The first kappa shape index (κ1) is 22.4. The zero-order chi connectivity index (χ0) is 19.4. The van der Waals surface area contributed by atoms with Gasteiger partial charge in [-0.25, -0.2) is 0 Å². The first-order valence-corrected chi connectivity index (χ1v) is 8.18. The monoisotopic (exact) mass is 366 g/mol. The van der Waals surface area contributed by atoms with Gasteiger partial charge in [-0.2, -0.15) is 0 Å². The van der Waals surface area contributed by atoms with Crippen molar-refractivity contribution >= 4 is 0 Å². The Kier molecular flexibility index (Phi) is 8.39. The number of aliphatic hydroxyl groups is 7. The van der Waals surface area contributed by atoms with E-state index in [9.17, 15) is 30.6 Å². The van der Waals surface area contributed by atoms with Crippen molar-refractivity contribution in [3.8, 4) is 0 Å². The van der Waals surface area contributed by atoms with E-state index in [1.807, 2.05) is 0 Å². The summed E-state index contributed by atoms with van der Waals surface area (Å²) in [6, 6.07) is 0. The van der Waals surface area contributed by atoms with Gasteiger partial charge >= 0.3 is 0 Å². The van der Waals surface area contributed by atoms with Gasteiger partial charge in [0.15, 0.2) is 6.29 Å². The molecule has 1 aliphatic rings. The number of hydrogen-bond acceptors (Lipinski definition) is 9. The summed E-state index contributed by atoms with van der Waals surface area (Å²) in [5.74, 6) is 0. The van der Waals surface area contributed by atoms with Crippen molar-refractivity contribution in [2.75, 3.05) is 13.2 Å². The Labute approximate surface area is 146 Å². The van der Waals surface area contributed by atoms with Crippen LogP contribution in [0.25, 0.3) is 0 Å². The molecule has 1 fully saturated rings. The first-order valence-electron chi connectivity index (χ1n) is 8.18. The van der Waals surface area contributed by atoms with E-state index in [1.165, 1.54) is 0 Å². The normalized spacial score (nSPS) is 33.1. The Bertz CT molecular complexity index is 426. The van der Waals surface area contributed by atoms with Crippen LogP contribution in [0.3, 0.4) is 0 Å². The molecule has 1 saturated heterocycles. The molecule has 148 valence electrons. The maximum absolute atomic E-state index is 10.3. The highest BCUT2D eigenvalue weighted by atomic mass is 16.7. The fraction of sp³-hybridized carbons (Fsp3) is 0.875. The van der Waals surface area contributed by atoms with Crippen molar-refractivity contribution < 1.29 is 45.2 Å². The van der Waals surface area contributed by atoms with E-state index >= 15 is 0 Å². The molecule has 0 bridgehead atoms. The Hall–Kier alpha value is -0.620. The molecule has 9 nitrogen and oxygen atoms in total. The topological polar surface area (TPSA) is 160 Å². The van der Waals surface area contributed by atoms with Gasteiger partial charge in [0.1, 0.15) is 24.4 Å². The number of hydrogen-bond donors (Lipinski definition) is 7. The minimum Gasteiger partial charge on any atom is -0.394 e. The fourth-order valence-corrected chi connectivity index (χ4v) is 2.51. The van der Waals surface area contributed by atoms with Crippen LogP contribution in [0.1, 0.15) is 26.7 Å². The zero-order valence-corrected chi connectivity index (χ0v) is 14.5. The molecule has 0 aromatic carbocycles. The predicted octanol–water partition coefficient (Wildman–Crippen LogP) is -2.37. The Morgan fingerprint density at radius 2 is 1.72 bits per heavy atom. The molecule has 25 heavy (non-hydrogen) atoms. The quantitative estimate of drug-likeness (QED) is 0.221. The van der Waals surface area contributed by atoms with E-state index in [0.717, 1.165) is 0 Å². The van der Waals surface area contributed by atoms with Crippen LogP contribution >= 0.6 is 0 Å². The van der Waals surface area contributed by atoms with E-state index in [0.29, 0.717) is 5.57 Å². The number of ether oxygens (including phenoxy) is 2. The van der Waals surface area contributed by atoms with Crippen LogP contribution in [0.4, 0.5) is 0 Å². The van der Waals surface area contributed by atoms with Crippen molar-refractivity contribution in [2.45, 2.75) is 75.2 Å². The zero-order valence-electron chi connectivity index (χ0n) is 14.5. The van der Waals surface area contributed by atoms with Gasteiger partial charge in [0.25, 0.3) is 0 Å². The Balaban J connectivity index is 2.67. The summed E-state index contributed by atoms with van der Waals surface area (Å²) >= 11 is 0. The maximum atomic E-state index is 10.3. The minimum absolute atomic E-state index is 0.167. The highest BCUT2D eigenvalue weighted by Crippen LogP contribution is 2.29. The van der Waals surface area contributed by atoms with Crippen molar-refractivity contribution in [2.24, 2.45) is 0 Å². The average molecular weight is 366 g/mol. The molecule has 1 aliphatic heterocycles. The van der Waals surface area contributed by atoms with E-state index in [4.69, 9.17) is 14.6 Å². The molecule has 7 atom stereocenters. The molecule has 0 spiro atoms. The smallest absolute Gasteiger partial charge is 0.187 e. The highest BCUT2D eigenvalue weighted by molar-refractivity contribution is 5.02. The van der Waals surface area contributed by atoms with Crippen LogP contribution in [-0.2, 0) is 9.47 Å². The average Bonchev–Trinajstić information content (AvgIpc) is 2.58. The molecule has 0 unspecified atom stereocenters. The molecule has 0 radical (unpaired) electrons. The summed E-state index contributed by atoms with van der Waals surface area (Å²) in [7, 11) is 0. The summed E-state index contributed by atoms with van der Waals surface area (Å²) in [6.07, 6.45) is -8.77. The SMILES string of the molecule is C=C(CC[C@H](O)C(C)(C)O[C@@H]1O[C@H](CO)[C@@H](O)[C@H](O)[C@H]1O)[C@H](O)CO. The summed E-state index contributed by atoms with van der Waals surface area (Å²) < 4.78 is 10.8. The molecule has 1 rings (SSSR count). The van der Waals surface area contributed by atoms with Gasteiger partial charge in [-0.15, -0.1) is 0 Å². The van der Waals surface area contributed by atoms with Crippen molar-refractivity contribution in [3.63, 3.8) is 0 Å². The van der Waals surface area contributed by atoms with Crippen LogP contribution in [0.15, 0.2) is 12.2 Å². The molecular weight excluding hydrogens is 336 g/mol. The lowest BCUT2D eigenvalue weighted by molar-refractivity contribution is -0.331. The van der Waals surface area contributed by atoms with Crippen LogP contribution in [0.5, 0.6) is 0 Å². The Morgan fingerprint density at radius 3 is 2.24 bits per heavy atom. The summed E-state index contributed by atoms with van der Waals surface area (Å²) in [6.45, 7) is 5.69. The first-order chi connectivity index (χ1) is 11.5. The molecule has 0 aliphatic carbocycles. The lowest BCUT2D eigenvalue weighted by Gasteiger charge is -2.43. The molecule has 0 aromatic heterocycles. The third kappa shape index (κ3) is 5.68. The van der Waals surface area contributed by atoms with Gasteiger partial charge in [-0.3, -0.25) is 0 Å². The standard InChI is InChI=1S/C16H30O9/c1-8(9(19)6-17)4-5-11(20)16(2,3)25-15-14(23)13(22)12(21)10(7-18)24-15/h9-15,17-23H,1,4-7H2,2-3H3/t9-,10-,11+,12-,13+,14-,15+/m1/s1. The van der Waals surface area contributed by atoms with Crippen LogP contribution in [-0.4, -0.2) is 97.5 Å². The van der Waals surface area contributed by atoms with Crippen molar-refractivity contribution in [1.82, 2.24) is 0 Å². The third-order valence-electron chi connectivity index (χ3n) is 4.45. The minimum atomic E-state index is -1.57. The molecular formula is C16H30O9. The lowest BCUT2D eigenvalue weighted by atomic mass is 9.93. The highest BCUT2D eigenvalue weighted by Gasteiger charge is 2.46. The largest absolute Gasteiger partial charge is 0.394 e. The second kappa shape index (κ2) is 9.36. The lowest BCUT2D eigenvalue weighted by Crippen LogP contribution is -2.61. The van der Waals surface area contributed by atoms with Gasteiger partial charge < -0.3 is 45.2 Å². The molecule has 0 aromatic rings. The van der Waals surface area contributed by atoms with E-state index in [2.05, 4.69) is 6.58 Å². The number of rotatable bonds is 9. The summed E-state index contributed by atoms with van der Waals surface area (Å²) in [4.78, 5) is 0. The second-order valence-electron chi connectivity index (χ2n) is 6.83. The molecule has 1 heterocycles. The van der Waals surface area contributed by atoms with Gasteiger partial charge in [0.05, 0.1) is 31.0 Å². The van der Waals surface area contributed by atoms with E-state index in [-0.39, 0.29) is 12.8 Å². The van der Waals surface area contributed by atoms with Crippen LogP contribution < -0.4 is 0 Å². The van der Waals surface area contributed by atoms with E-state index < -0.39 is 61.7 Å². The van der Waals surface area contributed by atoms with Crippen LogP contribution in [0, 0.1) is 0 Å². The van der Waals surface area contributed by atoms with Gasteiger partial charge in [-0.1, -0.05) is 6.58 Å². The fourth-order valence-electron chi connectivity index (χ4n) is 2.51. The Morgan fingerprint density at radius 1 is 1.12 bits per heavy atom. The molecule has 0 saturated carbocycles. The van der Waals surface area contributed by atoms with Crippen LogP contribution in [0.2, 0.25) is 0 Å². The summed E-state index contributed by atoms with van der Waals surface area (Å²) in [5, 5.41) is 67.3. The van der Waals surface area contributed by atoms with Crippen molar-refractivity contribution in [1.29, 1.82) is 0 Å². The molecule has 9 heteroatoms. The van der Waals surface area contributed by atoms with E-state index in [1.54, 1.807) is 13.8 Å². The summed E-state index contributed by atoms with van der Waals surface area (Å²) in [5.41, 5.74) is -0.844. The van der Waals surface area contributed by atoms with Crippen molar-refractivity contribution in [3.05, 3.63) is 12.2 Å². The van der Waals surface area contributed by atoms with Gasteiger partial charge in [-0.05, 0) is 32.3 Å². The van der Waals surface area contributed by atoms with Gasteiger partial charge in [0.2, 0.25) is 0 Å². The number of aliphatic hydroxyl groups excluding tert-OH is 7. The maximum Gasteiger partial charge on any atom is 0.187 e. The molecule has 7 N–H and O–H groups in total. The third-order valence-corrected chi connectivity index (χ3v) is 4.45. The van der Waals surface area contributed by atoms with Gasteiger partial charge in [0, 0.05) is 0 Å². The predicted molar refractivity (Wildman–Crippen MR) is 86.4 cm³/mol.